The molecule has 1 fully saturated rings. The molecule has 0 aliphatic carbocycles. The van der Waals surface area contributed by atoms with E-state index in [1.807, 2.05) is 81.4 Å². The van der Waals surface area contributed by atoms with Crippen LogP contribution in [0, 0.1) is 5.41 Å². The highest BCUT2D eigenvalue weighted by atomic mass is 16.7. The van der Waals surface area contributed by atoms with Crippen molar-refractivity contribution >= 4 is 17.9 Å². The number of esters is 1. The van der Waals surface area contributed by atoms with Crippen LogP contribution in [0.1, 0.15) is 56.4 Å². The Morgan fingerprint density at radius 1 is 0.977 bits per heavy atom. The van der Waals surface area contributed by atoms with E-state index in [4.69, 9.17) is 30.4 Å². The van der Waals surface area contributed by atoms with Crippen LogP contribution in [0.4, 0.5) is 4.79 Å². The maximum atomic E-state index is 13.0. The molecule has 0 aromatic heterocycles. The highest BCUT2D eigenvalue weighted by molar-refractivity contribution is 5.96. The molecule has 228 valence electrons. The third kappa shape index (κ3) is 9.29. The van der Waals surface area contributed by atoms with Gasteiger partial charge in [0.15, 0.2) is 6.10 Å². The summed E-state index contributed by atoms with van der Waals surface area (Å²) in [6.45, 7) is 6.46. The van der Waals surface area contributed by atoms with Gasteiger partial charge < -0.3 is 24.4 Å². The van der Waals surface area contributed by atoms with E-state index in [1.54, 1.807) is 29.2 Å². The van der Waals surface area contributed by atoms with Crippen molar-refractivity contribution in [2.45, 2.75) is 57.5 Å². The van der Waals surface area contributed by atoms with Crippen LogP contribution < -0.4 is 16.0 Å². The minimum Gasteiger partial charge on any atom is -0.490 e. The summed E-state index contributed by atoms with van der Waals surface area (Å²) in [5.41, 5.74) is 1.73. The van der Waals surface area contributed by atoms with Gasteiger partial charge in [-0.15, -0.1) is 0 Å². The van der Waals surface area contributed by atoms with Crippen molar-refractivity contribution in [1.82, 2.24) is 10.2 Å². The van der Waals surface area contributed by atoms with E-state index in [0.29, 0.717) is 24.4 Å². The van der Waals surface area contributed by atoms with Crippen molar-refractivity contribution in [3.8, 4) is 5.75 Å². The lowest BCUT2D eigenvalue weighted by molar-refractivity contribution is -0.163. The van der Waals surface area contributed by atoms with Gasteiger partial charge in [-0.05, 0) is 69.0 Å². The number of amides is 1. The number of benzene rings is 3. The molecular weight excluding hydrogens is 548 g/mol. The van der Waals surface area contributed by atoms with Crippen LogP contribution in [0.2, 0.25) is 0 Å². The molecule has 0 unspecified atom stereocenters. The molecule has 0 spiro atoms. The Hall–Kier alpha value is -4.41. The van der Waals surface area contributed by atoms with Crippen LogP contribution in [0.3, 0.4) is 0 Å². The van der Waals surface area contributed by atoms with Crippen molar-refractivity contribution in [2.75, 3.05) is 19.7 Å². The summed E-state index contributed by atoms with van der Waals surface area (Å²) >= 11 is 0. The Morgan fingerprint density at radius 2 is 1.58 bits per heavy atom. The number of ether oxygens (including phenoxy) is 3. The van der Waals surface area contributed by atoms with Gasteiger partial charge in [-0.1, -0.05) is 60.7 Å². The number of likely N-dealkylation sites (tertiary alicyclic amines) is 1. The van der Waals surface area contributed by atoms with Gasteiger partial charge in [-0.3, -0.25) is 10.2 Å². The Kier molecular flexibility index (Phi) is 10.7. The maximum Gasteiger partial charge on any atom is 0.410 e. The number of nitrogens with one attached hydrogen (secondary N) is 2. The molecule has 2 atom stereocenters. The number of carbonyl (C=O) groups is 2. The number of piperidine rings is 1. The van der Waals surface area contributed by atoms with Gasteiger partial charge in [-0.25, -0.2) is 15.5 Å². The van der Waals surface area contributed by atoms with E-state index in [-0.39, 0.29) is 24.6 Å². The van der Waals surface area contributed by atoms with Crippen LogP contribution in [0.5, 0.6) is 5.75 Å². The quantitative estimate of drug-likeness (QED) is 0.131. The van der Waals surface area contributed by atoms with E-state index in [2.05, 4.69) is 5.32 Å². The van der Waals surface area contributed by atoms with Gasteiger partial charge in [0.25, 0.3) is 0 Å². The predicted molar refractivity (Wildman–Crippen MR) is 163 cm³/mol. The molecular formula is C33H40N4O6. The number of hydrogen-bond donors (Lipinski definition) is 3. The summed E-state index contributed by atoms with van der Waals surface area (Å²) in [5, 5.41) is 11.7. The molecule has 1 heterocycles. The molecule has 3 aromatic carbocycles. The van der Waals surface area contributed by atoms with E-state index < -0.39 is 23.8 Å². The average molecular weight is 589 g/mol. The Labute approximate surface area is 252 Å². The SMILES string of the molecule is CC(C)(C)OC(=O)N1CCC[C@H](NC(=N)c2ccc(OC[C@H](ON)C(=O)OC(c3ccccc3)c3ccccc3)cc2)C1. The van der Waals surface area contributed by atoms with Crippen molar-refractivity contribution < 1.29 is 28.6 Å². The number of rotatable bonds is 10. The van der Waals surface area contributed by atoms with Crippen LogP contribution in [0.15, 0.2) is 84.9 Å². The number of nitrogens with two attached hydrogens (primary N) is 1. The Bertz CT molecular complexity index is 1310. The molecule has 1 amide bonds. The summed E-state index contributed by atoms with van der Waals surface area (Å²) in [4.78, 5) is 32.1. The summed E-state index contributed by atoms with van der Waals surface area (Å²) in [6.07, 6.45) is -0.471. The second-order valence-electron chi connectivity index (χ2n) is 11.4. The average Bonchev–Trinajstić information content (AvgIpc) is 3.00. The first-order valence-corrected chi connectivity index (χ1v) is 14.3. The zero-order chi connectivity index (χ0) is 30.8. The second-order valence-corrected chi connectivity index (χ2v) is 11.4. The normalized spacial score (nSPS) is 15.8. The molecule has 0 radical (unpaired) electrons. The lowest BCUT2D eigenvalue weighted by Crippen LogP contribution is -2.50. The highest BCUT2D eigenvalue weighted by Gasteiger charge is 2.29. The predicted octanol–water partition coefficient (Wildman–Crippen LogP) is 4.97. The molecule has 4 rings (SSSR count). The maximum absolute atomic E-state index is 13.0. The Morgan fingerprint density at radius 3 is 2.14 bits per heavy atom. The minimum absolute atomic E-state index is 0.0613. The summed E-state index contributed by atoms with van der Waals surface area (Å²) in [5.74, 6) is 5.51. The van der Waals surface area contributed by atoms with E-state index in [0.717, 1.165) is 24.0 Å². The summed E-state index contributed by atoms with van der Waals surface area (Å²) in [6, 6.07) is 25.7. The fraction of sp³-hybridized carbons (Fsp3) is 0.364. The zero-order valence-corrected chi connectivity index (χ0v) is 24.8. The smallest absolute Gasteiger partial charge is 0.410 e. The zero-order valence-electron chi connectivity index (χ0n) is 24.8. The number of carbonyl (C=O) groups excluding carboxylic acids is 2. The molecule has 4 N–H and O–H groups in total. The summed E-state index contributed by atoms with van der Waals surface area (Å²) in [7, 11) is 0. The van der Waals surface area contributed by atoms with Gasteiger partial charge in [0.1, 0.15) is 23.8 Å². The third-order valence-corrected chi connectivity index (χ3v) is 6.83. The van der Waals surface area contributed by atoms with Gasteiger partial charge in [0.2, 0.25) is 6.10 Å². The van der Waals surface area contributed by atoms with Gasteiger partial charge >= 0.3 is 12.1 Å². The number of hydrogen-bond acceptors (Lipinski definition) is 8. The van der Waals surface area contributed by atoms with Crippen molar-refractivity contribution in [1.29, 1.82) is 5.41 Å². The second kappa shape index (κ2) is 14.7. The molecule has 3 aromatic rings. The van der Waals surface area contributed by atoms with Crippen LogP contribution in [0.25, 0.3) is 0 Å². The van der Waals surface area contributed by atoms with Crippen LogP contribution >= 0.6 is 0 Å². The van der Waals surface area contributed by atoms with Gasteiger partial charge in [0.05, 0.1) is 0 Å². The first-order chi connectivity index (χ1) is 20.6. The molecule has 43 heavy (non-hydrogen) atoms. The monoisotopic (exact) mass is 588 g/mol. The highest BCUT2D eigenvalue weighted by Crippen LogP contribution is 2.27. The standard InChI is InChI=1S/C33H40N4O6/c1-33(2,3)42-32(39)37-20-10-15-26(21-37)36-30(34)25-16-18-27(19-17-25)40-22-28(43-35)31(38)41-29(23-11-6-4-7-12-23)24-13-8-5-9-14-24/h4-9,11-14,16-19,26,28-29H,10,15,20-22,35H2,1-3H3,(H2,34,36)/t26-,28-/m0/s1. The Balaban J connectivity index is 1.30. The van der Waals surface area contributed by atoms with Gasteiger partial charge in [0, 0.05) is 24.7 Å². The molecule has 10 heteroatoms. The fourth-order valence-electron chi connectivity index (χ4n) is 4.70. The lowest BCUT2D eigenvalue weighted by Gasteiger charge is -2.34. The first-order valence-electron chi connectivity index (χ1n) is 14.3. The van der Waals surface area contributed by atoms with Crippen LogP contribution in [-0.4, -0.2) is 60.2 Å². The lowest BCUT2D eigenvalue weighted by atomic mass is 10.0. The van der Waals surface area contributed by atoms with E-state index in [1.165, 1.54) is 0 Å². The van der Waals surface area contributed by atoms with E-state index >= 15 is 0 Å². The number of nitrogens with zero attached hydrogens (tertiary/aromatic N) is 1. The molecule has 0 saturated carbocycles. The molecule has 1 aliphatic rings. The van der Waals surface area contributed by atoms with Crippen molar-refractivity contribution in [2.24, 2.45) is 5.90 Å². The third-order valence-electron chi connectivity index (χ3n) is 6.83. The topological polar surface area (TPSA) is 136 Å². The largest absolute Gasteiger partial charge is 0.490 e. The first kappa shape index (κ1) is 31.5. The summed E-state index contributed by atoms with van der Waals surface area (Å²) < 4.78 is 17.1. The van der Waals surface area contributed by atoms with E-state index in [9.17, 15) is 9.59 Å². The van der Waals surface area contributed by atoms with Crippen molar-refractivity contribution in [3.05, 3.63) is 102 Å². The molecule has 1 saturated heterocycles. The van der Waals surface area contributed by atoms with Gasteiger partial charge in [-0.2, -0.15) is 0 Å². The molecule has 1 aliphatic heterocycles. The molecule has 10 nitrogen and oxygen atoms in total. The fourth-order valence-corrected chi connectivity index (χ4v) is 4.70. The number of amidine groups is 1. The van der Waals surface area contributed by atoms with Crippen LogP contribution in [-0.2, 0) is 19.1 Å². The molecule has 0 bridgehead atoms. The minimum atomic E-state index is -1.16. The van der Waals surface area contributed by atoms with Crippen molar-refractivity contribution in [3.63, 3.8) is 0 Å².